The summed E-state index contributed by atoms with van der Waals surface area (Å²) in [4.78, 5) is 27.6. The molecule has 0 radical (unpaired) electrons. The molecule has 3 aliphatic rings. The zero-order valence-electron chi connectivity index (χ0n) is 14.7. The highest BCUT2D eigenvalue weighted by atomic mass is 35.5. The average molecular weight is 404 g/mol. The predicted octanol–water partition coefficient (Wildman–Crippen LogP) is 2.70. The molecule has 5 rings (SSSR count). The lowest BCUT2D eigenvalue weighted by Crippen LogP contribution is -2.41. The van der Waals surface area contributed by atoms with Crippen molar-refractivity contribution in [1.29, 1.82) is 0 Å². The van der Waals surface area contributed by atoms with Crippen LogP contribution in [0.3, 0.4) is 0 Å². The van der Waals surface area contributed by atoms with Crippen molar-refractivity contribution in [3.63, 3.8) is 0 Å². The van der Waals surface area contributed by atoms with Gasteiger partial charge in [0, 0.05) is 11.8 Å². The second kappa shape index (κ2) is 5.89. The average Bonchev–Trinajstić information content (AvgIpc) is 3.39. The number of nitrogens with one attached hydrogen (secondary N) is 1. The minimum Gasteiger partial charge on any atom is -0.360 e. The molecule has 1 aromatic heterocycles. The highest BCUT2D eigenvalue weighted by molar-refractivity contribution is 6.31. The molecule has 3 aliphatic heterocycles. The first-order chi connectivity index (χ1) is 13.4. The Morgan fingerprint density at radius 3 is 2.96 bits per heavy atom. The Morgan fingerprint density at radius 2 is 2.25 bits per heavy atom. The van der Waals surface area contributed by atoms with Gasteiger partial charge in [-0.25, -0.2) is 4.39 Å². The number of ether oxygens (including phenoxy) is 1. The summed E-state index contributed by atoms with van der Waals surface area (Å²) in [5, 5.41) is 6.53. The molecule has 2 fully saturated rings. The lowest BCUT2D eigenvalue weighted by Gasteiger charge is -2.23. The maximum Gasteiger partial charge on any atom is 0.235 e. The number of amides is 2. The lowest BCUT2D eigenvalue weighted by molar-refractivity contribution is -0.128. The third kappa shape index (κ3) is 2.41. The number of carbonyl (C=O) groups is 2. The summed E-state index contributed by atoms with van der Waals surface area (Å²) in [5.41, 5.74) is -0.511. The van der Waals surface area contributed by atoms with Crippen LogP contribution in [-0.4, -0.2) is 35.2 Å². The summed E-state index contributed by atoms with van der Waals surface area (Å²) >= 11 is 5.78. The van der Waals surface area contributed by atoms with E-state index in [-0.39, 0.29) is 23.4 Å². The van der Waals surface area contributed by atoms with Crippen molar-refractivity contribution in [2.24, 2.45) is 11.8 Å². The standard InChI is InChI=1S/C19H15ClFN3O4/c1-9-6-14(23-28-9)24-8-19-5-4-13(27-19)15(16(19)18(24)26)17(25)22-10-2-3-12(21)11(20)7-10/h2-7,13,15-16H,8H2,1H3,(H,22,25)/t13-,15+,16-,19-/m1/s1. The minimum absolute atomic E-state index is 0.0946. The minimum atomic E-state index is -0.864. The molecule has 4 atom stereocenters. The Balaban J connectivity index is 1.43. The van der Waals surface area contributed by atoms with E-state index in [2.05, 4.69) is 10.5 Å². The molecule has 1 aromatic carbocycles. The molecule has 0 unspecified atom stereocenters. The van der Waals surface area contributed by atoms with Gasteiger partial charge in [0.15, 0.2) is 5.82 Å². The van der Waals surface area contributed by atoms with Crippen molar-refractivity contribution >= 4 is 34.9 Å². The number of halogens is 2. The molecular formula is C19H15ClFN3O4. The van der Waals surface area contributed by atoms with Crippen LogP contribution in [0.5, 0.6) is 0 Å². The Hall–Kier alpha value is -2.71. The third-order valence-electron chi connectivity index (χ3n) is 5.48. The van der Waals surface area contributed by atoms with Crippen LogP contribution in [0.2, 0.25) is 5.02 Å². The number of fused-ring (bicyclic) bond motifs is 1. The van der Waals surface area contributed by atoms with E-state index in [0.717, 1.165) is 0 Å². The first-order valence-electron chi connectivity index (χ1n) is 8.76. The molecule has 9 heteroatoms. The van der Waals surface area contributed by atoms with Crippen LogP contribution >= 0.6 is 11.6 Å². The largest absolute Gasteiger partial charge is 0.360 e. The molecule has 144 valence electrons. The fraction of sp³-hybridized carbons (Fsp3) is 0.316. The fourth-order valence-electron chi connectivity index (χ4n) is 4.27. The van der Waals surface area contributed by atoms with Gasteiger partial charge < -0.3 is 14.6 Å². The van der Waals surface area contributed by atoms with E-state index in [1.165, 1.54) is 23.1 Å². The summed E-state index contributed by atoms with van der Waals surface area (Å²) in [6.07, 6.45) is 3.17. The normalized spacial score (nSPS) is 30.2. The molecule has 4 heterocycles. The van der Waals surface area contributed by atoms with Gasteiger partial charge in [0.25, 0.3) is 0 Å². The van der Waals surface area contributed by atoms with Crippen molar-refractivity contribution in [2.45, 2.75) is 18.6 Å². The molecule has 2 aromatic rings. The number of aromatic nitrogens is 1. The Morgan fingerprint density at radius 1 is 1.43 bits per heavy atom. The first-order valence-corrected chi connectivity index (χ1v) is 9.13. The summed E-state index contributed by atoms with van der Waals surface area (Å²) in [5.74, 6) is -1.59. The maximum atomic E-state index is 13.4. The Labute approximate surface area is 164 Å². The van der Waals surface area contributed by atoms with E-state index in [0.29, 0.717) is 17.3 Å². The molecular weight excluding hydrogens is 389 g/mol. The van der Waals surface area contributed by atoms with E-state index in [9.17, 15) is 14.0 Å². The smallest absolute Gasteiger partial charge is 0.235 e. The van der Waals surface area contributed by atoms with E-state index >= 15 is 0 Å². The number of carbonyl (C=O) groups excluding carboxylic acids is 2. The number of hydrogen-bond donors (Lipinski definition) is 1. The Kier molecular flexibility index (Phi) is 3.66. The van der Waals surface area contributed by atoms with Crippen molar-refractivity contribution in [2.75, 3.05) is 16.8 Å². The third-order valence-corrected chi connectivity index (χ3v) is 5.77. The number of hydrogen-bond acceptors (Lipinski definition) is 5. The van der Waals surface area contributed by atoms with Crippen LogP contribution in [0, 0.1) is 24.6 Å². The quantitative estimate of drug-likeness (QED) is 0.796. The number of benzene rings is 1. The maximum absolute atomic E-state index is 13.4. The molecule has 28 heavy (non-hydrogen) atoms. The van der Waals surface area contributed by atoms with Crippen molar-refractivity contribution < 1.29 is 23.2 Å². The molecule has 0 saturated carbocycles. The van der Waals surface area contributed by atoms with Gasteiger partial charge in [-0.2, -0.15) is 0 Å². The number of anilines is 2. The van der Waals surface area contributed by atoms with Crippen molar-refractivity contribution in [1.82, 2.24) is 5.16 Å². The molecule has 2 bridgehead atoms. The topological polar surface area (TPSA) is 84.7 Å². The summed E-state index contributed by atoms with van der Waals surface area (Å²) < 4.78 is 24.5. The molecule has 2 amide bonds. The van der Waals surface area contributed by atoms with E-state index in [4.69, 9.17) is 20.9 Å². The fourth-order valence-corrected chi connectivity index (χ4v) is 4.45. The van der Waals surface area contributed by atoms with Crippen molar-refractivity contribution in [3.8, 4) is 0 Å². The summed E-state index contributed by atoms with van der Waals surface area (Å²) in [6.45, 7) is 2.00. The van der Waals surface area contributed by atoms with Crippen LogP contribution in [0.4, 0.5) is 15.9 Å². The number of rotatable bonds is 3. The van der Waals surface area contributed by atoms with Gasteiger partial charge >= 0.3 is 0 Å². The second-order valence-corrected chi connectivity index (χ2v) is 7.65. The Bertz CT molecular complexity index is 1040. The number of aryl methyl sites for hydroxylation is 1. The molecule has 7 nitrogen and oxygen atoms in total. The monoisotopic (exact) mass is 403 g/mol. The molecule has 1 spiro atoms. The zero-order valence-corrected chi connectivity index (χ0v) is 15.4. The summed E-state index contributed by atoms with van der Waals surface area (Å²) in [6, 6.07) is 5.59. The lowest BCUT2D eigenvalue weighted by atomic mass is 9.77. The van der Waals surface area contributed by atoms with Gasteiger partial charge in [0.1, 0.15) is 17.2 Å². The van der Waals surface area contributed by atoms with E-state index < -0.39 is 29.4 Å². The van der Waals surface area contributed by atoms with Crippen LogP contribution in [-0.2, 0) is 14.3 Å². The van der Waals surface area contributed by atoms with Gasteiger partial charge in [0.05, 0.1) is 29.5 Å². The molecule has 1 N–H and O–H groups in total. The van der Waals surface area contributed by atoms with Gasteiger partial charge in [-0.05, 0) is 25.1 Å². The zero-order chi connectivity index (χ0) is 19.6. The second-order valence-electron chi connectivity index (χ2n) is 7.24. The van der Waals surface area contributed by atoms with Gasteiger partial charge in [-0.1, -0.05) is 28.9 Å². The van der Waals surface area contributed by atoms with Gasteiger partial charge in [-0.15, -0.1) is 0 Å². The highest BCUT2D eigenvalue weighted by Gasteiger charge is 2.67. The van der Waals surface area contributed by atoms with Gasteiger partial charge in [-0.3, -0.25) is 14.5 Å². The summed E-state index contributed by atoms with van der Waals surface area (Å²) in [7, 11) is 0. The van der Waals surface area contributed by atoms with E-state index in [1.54, 1.807) is 13.0 Å². The predicted molar refractivity (Wildman–Crippen MR) is 97.4 cm³/mol. The van der Waals surface area contributed by atoms with Crippen LogP contribution in [0.1, 0.15) is 5.76 Å². The van der Waals surface area contributed by atoms with Crippen LogP contribution in [0.25, 0.3) is 0 Å². The van der Waals surface area contributed by atoms with Crippen molar-refractivity contribution in [3.05, 3.63) is 53.0 Å². The van der Waals surface area contributed by atoms with Crippen LogP contribution < -0.4 is 10.2 Å². The van der Waals surface area contributed by atoms with Crippen LogP contribution in [0.15, 0.2) is 40.9 Å². The first kappa shape index (κ1) is 17.4. The SMILES string of the molecule is Cc1cc(N2C[C@@]34C=C[C@@H](O3)[C@H](C(=O)Nc3ccc(F)c(Cl)c3)[C@@H]4C2=O)no1. The van der Waals surface area contributed by atoms with E-state index in [1.807, 2.05) is 12.2 Å². The number of nitrogens with zero attached hydrogens (tertiary/aromatic N) is 2. The molecule has 0 aliphatic carbocycles. The highest BCUT2D eigenvalue weighted by Crippen LogP contribution is 2.52. The van der Waals surface area contributed by atoms with Gasteiger partial charge in [0.2, 0.25) is 11.8 Å². The molecule has 2 saturated heterocycles.